The Morgan fingerprint density at radius 2 is 1.22 bits per heavy atom. The zero-order chi connectivity index (χ0) is 36.2. The highest BCUT2D eigenvalue weighted by Gasteiger charge is 2.18. The number of ether oxygens (including phenoxy) is 1. The van der Waals surface area contributed by atoms with Gasteiger partial charge in [-0.1, -0.05) is 114 Å². The maximum absolute atomic E-state index is 12.6. The van der Waals surface area contributed by atoms with Crippen molar-refractivity contribution in [2.45, 2.75) is 167 Å². The number of allylic oxidation sites excluding steroid dienone is 7. The summed E-state index contributed by atoms with van der Waals surface area (Å²) in [7, 11) is 0. The topological polar surface area (TPSA) is 142 Å². The first-order valence-corrected chi connectivity index (χ1v) is 19.0. The first-order valence-electron chi connectivity index (χ1n) is 19.0. The normalized spacial score (nSPS) is 13.0. The Bertz CT molecular complexity index is 974. The first-order chi connectivity index (χ1) is 23.8. The van der Waals surface area contributed by atoms with Crippen LogP contribution in [0.25, 0.3) is 0 Å². The van der Waals surface area contributed by atoms with Gasteiger partial charge in [-0.2, -0.15) is 0 Å². The molecule has 4 N–H and O–H groups in total. The van der Waals surface area contributed by atoms with Crippen molar-refractivity contribution in [1.82, 2.24) is 10.6 Å². The molecule has 0 aromatic heterocycles. The fraction of sp³-hybridized carbons (Fsp3) is 0.700. The van der Waals surface area contributed by atoms with Gasteiger partial charge in [-0.05, 0) is 76.7 Å². The molecule has 2 atom stereocenters. The van der Waals surface area contributed by atoms with E-state index in [-0.39, 0.29) is 30.9 Å². The summed E-state index contributed by atoms with van der Waals surface area (Å²) in [6, 6.07) is -1.39. The van der Waals surface area contributed by atoms with Crippen LogP contribution in [0.5, 0.6) is 0 Å². The Morgan fingerprint density at radius 1 is 0.653 bits per heavy atom. The maximum Gasteiger partial charge on any atom is 0.328 e. The predicted octanol–water partition coefficient (Wildman–Crippen LogP) is 8.42. The van der Waals surface area contributed by atoms with Crippen LogP contribution in [0.1, 0.15) is 155 Å². The van der Waals surface area contributed by atoms with Crippen LogP contribution < -0.4 is 10.6 Å². The minimum Gasteiger partial charge on any atom is -0.480 e. The average Bonchev–Trinajstić information content (AvgIpc) is 3.08. The second kappa shape index (κ2) is 34.7. The summed E-state index contributed by atoms with van der Waals surface area (Å²) in [6.45, 7) is 3.27. The van der Waals surface area contributed by atoms with Gasteiger partial charge in [0.15, 0.2) is 0 Å². The molecule has 9 heteroatoms. The van der Waals surface area contributed by atoms with Crippen molar-refractivity contribution in [2.24, 2.45) is 0 Å². The molecule has 0 aliphatic rings. The third kappa shape index (κ3) is 31.8. The number of carbonyl (C=O) groups excluding carboxylic acids is 3. The molecule has 0 bridgehead atoms. The van der Waals surface area contributed by atoms with E-state index in [2.05, 4.69) is 67.0 Å². The molecular weight excluding hydrogens is 620 g/mol. The number of hydrogen-bond donors (Lipinski definition) is 4. The van der Waals surface area contributed by atoms with Crippen LogP contribution in [0.3, 0.4) is 0 Å². The molecule has 0 aliphatic carbocycles. The van der Waals surface area contributed by atoms with Crippen LogP contribution in [0.4, 0.5) is 0 Å². The van der Waals surface area contributed by atoms with Gasteiger partial charge in [-0.3, -0.25) is 14.4 Å². The van der Waals surface area contributed by atoms with Crippen molar-refractivity contribution in [3.63, 3.8) is 0 Å². The number of carboxylic acids is 1. The fourth-order valence-corrected chi connectivity index (χ4v) is 5.11. The average molecular weight is 689 g/mol. The summed E-state index contributed by atoms with van der Waals surface area (Å²) >= 11 is 0. The number of esters is 1. The van der Waals surface area contributed by atoms with Gasteiger partial charge in [-0.25, -0.2) is 4.79 Å². The lowest BCUT2D eigenvalue weighted by Crippen LogP contribution is -2.47. The highest BCUT2D eigenvalue weighted by Crippen LogP contribution is 2.15. The summed E-state index contributed by atoms with van der Waals surface area (Å²) in [5, 5.41) is 22.4. The van der Waals surface area contributed by atoms with Gasteiger partial charge in [0.25, 0.3) is 0 Å². The number of carboxylic acid groups (broad SMARTS) is 1. The lowest BCUT2D eigenvalue weighted by Gasteiger charge is -2.15. The number of carbonyl (C=O) groups is 4. The Balaban J connectivity index is 4.13. The molecule has 0 rings (SSSR count). The largest absolute Gasteiger partial charge is 0.480 e. The summed E-state index contributed by atoms with van der Waals surface area (Å²) in [6.07, 6.45) is 38.8. The van der Waals surface area contributed by atoms with Gasteiger partial charge < -0.3 is 25.6 Å². The number of hydrogen-bond acceptors (Lipinski definition) is 6. The highest BCUT2D eigenvalue weighted by molar-refractivity contribution is 5.87. The molecule has 0 fully saturated rings. The van der Waals surface area contributed by atoms with Crippen LogP contribution in [0, 0.1) is 0 Å². The summed E-state index contributed by atoms with van der Waals surface area (Å²) in [5.74, 6) is -2.42. The standard InChI is InChI=1S/C40H68N2O7/c1-3-5-7-9-10-11-12-13-14-15-16-17-18-19-20-22-28-32-39(46)49-35(29-25-21-8-6-4-2)30-26-23-24-27-31-37(44)41-33-38(45)42-36(34-43)40(47)48/h5,7,10-11,13-14,25,29,35-36,43H,3-4,6,8-9,12,15-24,26-28,30-34H2,1-2H3,(H,41,44)(H,42,45)(H,47,48)/b7-5-,11-10-,14-13-,29-25-. The number of aliphatic hydroxyl groups excluding tert-OH is 1. The number of aliphatic carboxylic acids is 1. The summed E-state index contributed by atoms with van der Waals surface area (Å²) in [5.41, 5.74) is 0. The second-order valence-electron chi connectivity index (χ2n) is 12.6. The number of unbranched alkanes of at least 4 members (excludes halogenated alkanes) is 13. The molecule has 2 amide bonds. The molecule has 0 radical (unpaired) electrons. The third-order valence-electron chi connectivity index (χ3n) is 8.04. The van der Waals surface area contributed by atoms with E-state index >= 15 is 0 Å². The molecule has 2 unspecified atom stereocenters. The SMILES string of the molecule is CC/C=C\C/C=C\C/C=C\CCCCCCCCCC(=O)OC(/C=C\CCCCC)CCCCCCC(=O)NCC(=O)NC(CO)C(=O)O. The molecule has 0 saturated heterocycles. The first kappa shape index (κ1) is 45.8. The smallest absolute Gasteiger partial charge is 0.328 e. The van der Waals surface area contributed by atoms with Gasteiger partial charge in [0.2, 0.25) is 11.8 Å². The number of nitrogens with one attached hydrogen (secondary N) is 2. The number of rotatable bonds is 33. The Morgan fingerprint density at radius 3 is 1.88 bits per heavy atom. The van der Waals surface area contributed by atoms with Crippen molar-refractivity contribution in [3.8, 4) is 0 Å². The van der Waals surface area contributed by atoms with Gasteiger partial charge in [0, 0.05) is 12.8 Å². The summed E-state index contributed by atoms with van der Waals surface area (Å²) < 4.78 is 5.84. The van der Waals surface area contributed by atoms with Crippen LogP contribution in [-0.4, -0.2) is 59.3 Å². The van der Waals surface area contributed by atoms with Crippen LogP contribution in [-0.2, 0) is 23.9 Å². The Kier molecular flexibility index (Phi) is 32.4. The molecule has 0 aliphatic heterocycles. The highest BCUT2D eigenvalue weighted by atomic mass is 16.5. The Hall–Kier alpha value is -3.20. The molecule has 49 heavy (non-hydrogen) atoms. The monoisotopic (exact) mass is 689 g/mol. The predicted molar refractivity (Wildman–Crippen MR) is 199 cm³/mol. The molecule has 0 spiro atoms. The van der Waals surface area contributed by atoms with Crippen molar-refractivity contribution < 1.29 is 34.1 Å². The fourth-order valence-electron chi connectivity index (χ4n) is 5.11. The van der Waals surface area contributed by atoms with E-state index in [9.17, 15) is 19.2 Å². The lowest BCUT2D eigenvalue weighted by atomic mass is 10.1. The minimum absolute atomic E-state index is 0.128. The molecule has 0 aromatic rings. The maximum atomic E-state index is 12.6. The van der Waals surface area contributed by atoms with E-state index in [0.717, 1.165) is 83.5 Å². The Labute approximate surface area is 297 Å². The van der Waals surface area contributed by atoms with Crippen molar-refractivity contribution in [3.05, 3.63) is 48.6 Å². The number of amides is 2. The van der Waals surface area contributed by atoms with E-state index in [1.807, 2.05) is 6.08 Å². The lowest BCUT2D eigenvalue weighted by molar-refractivity contribution is -0.147. The van der Waals surface area contributed by atoms with E-state index in [1.165, 1.54) is 38.5 Å². The van der Waals surface area contributed by atoms with E-state index in [0.29, 0.717) is 12.8 Å². The van der Waals surface area contributed by atoms with Crippen molar-refractivity contribution >= 4 is 23.8 Å². The van der Waals surface area contributed by atoms with Gasteiger partial charge in [0.05, 0.1) is 13.2 Å². The zero-order valence-corrected chi connectivity index (χ0v) is 30.7. The molecule has 0 aromatic carbocycles. The number of aliphatic hydroxyl groups is 1. The molecule has 0 heterocycles. The van der Waals surface area contributed by atoms with Gasteiger partial charge in [0.1, 0.15) is 12.1 Å². The van der Waals surface area contributed by atoms with Crippen LogP contribution >= 0.6 is 0 Å². The van der Waals surface area contributed by atoms with E-state index in [4.69, 9.17) is 14.9 Å². The zero-order valence-electron chi connectivity index (χ0n) is 30.7. The van der Waals surface area contributed by atoms with E-state index < -0.39 is 24.5 Å². The molecule has 280 valence electrons. The second-order valence-corrected chi connectivity index (χ2v) is 12.6. The molecule has 0 saturated carbocycles. The summed E-state index contributed by atoms with van der Waals surface area (Å²) in [4.78, 5) is 47.2. The van der Waals surface area contributed by atoms with Crippen LogP contribution in [0.2, 0.25) is 0 Å². The molecule has 9 nitrogen and oxygen atoms in total. The van der Waals surface area contributed by atoms with Gasteiger partial charge in [-0.15, -0.1) is 0 Å². The van der Waals surface area contributed by atoms with Crippen LogP contribution in [0.15, 0.2) is 48.6 Å². The quantitative estimate of drug-likeness (QED) is 0.0308. The van der Waals surface area contributed by atoms with Crippen molar-refractivity contribution in [1.29, 1.82) is 0 Å². The van der Waals surface area contributed by atoms with Gasteiger partial charge >= 0.3 is 11.9 Å². The minimum atomic E-state index is -1.39. The van der Waals surface area contributed by atoms with Crippen molar-refractivity contribution in [2.75, 3.05) is 13.2 Å². The van der Waals surface area contributed by atoms with E-state index in [1.54, 1.807) is 0 Å². The molecular formula is C40H68N2O7. The third-order valence-corrected chi connectivity index (χ3v) is 8.04.